The Labute approximate surface area is 223 Å². The highest BCUT2D eigenvalue weighted by Crippen LogP contribution is 2.42. The van der Waals surface area contributed by atoms with Crippen LogP contribution in [0.3, 0.4) is 0 Å². The largest absolute Gasteiger partial charge is 0.417 e. The zero-order chi connectivity index (χ0) is 27.9. The number of hydrogen-bond acceptors (Lipinski definition) is 2. The van der Waals surface area contributed by atoms with Gasteiger partial charge >= 0.3 is 6.18 Å². The Balaban J connectivity index is 1.54. The summed E-state index contributed by atoms with van der Waals surface area (Å²) in [5.41, 5.74) is 0.737. The van der Waals surface area contributed by atoms with Crippen molar-refractivity contribution in [2.75, 3.05) is 6.54 Å². The van der Waals surface area contributed by atoms with Gasteiger partial charge in [0.1, 0.15) is 11.6 Å². The molecule has 2 fully saturated rings. The third-order valence-corrected chi connectivity index (χ3v) is 7.37. The Kier molecular flexibility index (Phi) is 7.18. The molecule has 9 heteroatoms. The first kappa shape index (κ1) is 26.8. The van der Waals surface area contributed by atoms with Gasteiger partial charge < -0.3 is 10.2 Å². The topological polar surface area (TPSA) is 56.2 Å². The lowest BCUT2D eigenvalue weighted by Gasteiger charge is -2.22. The van der Waals surface area contributed by atoms with Crippen molar-refractivity contribution in [1.82, 2.24) is 10.2 Å². The number of carbonyl (C=O) groups is 1. The molecule has 1 saturated carbocycles. The van der Waals surface area contributed by atoms with Crippen LogP contribution < -0.4 is 5.32 Å². The van der Waals surface area contributed by atoms with Crippen LogP contribution in [0.25, 0.3) is 11.1 Å². The maximum absolute atomic E-state index is 13.9. The number of halogens is 5. The first-order valence-corrected chi connectivity index (χ1v) is 12.9. The van der Waals surface area contributed by atoms with Crippen molar-refractivity contribution >= 4 is 11.7 Å². The highest BCUT2D eigenvalue weighted by Gasteiger charge is 2.36. The minimum Gasteiger partial charge on any atom is -0.356 e. The lowest BCUT2D eigenvalue weighted by atomic mass is 9.94. The predicted octanol–water partition coefficient (Wildman–Crippen LogP) is 7.41. The van der Waals surface area contributed by atoms with E-state index >= 15 is 0 Å². The molecule has 0 aromatic heterocycles. The molecule has 2 aliphatic rings. The minimum absolute atomic E-state index is 0.135. The number of rotatable bonds is 7. The van der Waals surface area contributed by atoms with Crippen LogP contribution in [-0.2, 0) is 12.7 Å². The molecule has 1 amide bonds. The van der Waals surface area contributed by atoms with Crippen LogP contribution in [0.4, 0.5) is 22.0 Å². The van der Waals surface area contributed by atoms with E-state index in [1.807, 2.05) is 4.90 Å². The summed E-state index contributed by atoms with van der Waals surface area (Å²) in [5, 5.41) is 11.2. The maximum Gasteiger partial charge on any atom is 0.417 e. The quantitative estimate of drug-likeness (QED) is 0.306. The van der Waals surface area contributed by atoms with Crippen molar-refractivity contribution in [2.45, 2.75) is 51.4 Å². The van der Waals surface area contributed by atoms with Gasteiger partial charge in [0.15, 0.2) is 0 Å². The third-order valence-electron chi connectivity index (χ3n) is 7.37. The highest BCUT2D eigenvalue weighted by molar-refractivity contribution is 5.96. The smallest absolute Gasteiger partial charge is 0.356 e. The van der Waals surface area contributed by atoms with E-state index in [0.717, 1.165) is 37.0 Å². The number of nitrogens with one attached hydrogen (secondary N) is 2. The molecule has 3 aromatic rings. The molecule has 1 aliphatic heterocycles. The fourth-order valence-corrected chi connectivity index (χ4v) is 5.19. The molecule has 3 aromatic carbocycles. The zero-order valence-corrected chi connectivity index (χ0v) is 21.3. The van der Waals surface area contributed by atoms with Gasteiger partial charge in [0.25, 0.3) is 5.91 Å². The summed E-state index contributed by atoms with van der Waals surface area (Å²) in [6, 6.07) is 11.4. The first-order valence-electron chi connectivity index (χ1n) is 12.9. The molecule has 204 valence electrons. The molecule has 1 aliphatic carbocycles. The second-order valence-corrected chi connectivity index (χ2v) is 10.4. The number of aryl methyl sites for hydroxylation is 1. The molecule has 0 bridgehead atoms. The van der Waals surface area contributed by atoms with Crippen molar-refractivity contribution in [1.29, 1.82) is 5.41 Å². The summed E-state index contributed by atoms with van der Waals surface area (Å²) in [6.07, 6.45) is -1.58. The number of likely N-dealkylation sites (tertiary alicyclic amines) is 1. The van der Waals surface area contributed by atoms with Gasteiger partial charge in [0.05, 0.1) is 17.4 Å². The Morgan fingerprint density at radius 2 is 1.85 bits per heavy atom. The van der Waals surface area contributed by atoms with Crippen molar-refractivity contribution in [2.24, 2.45) is 5.92 Å². The lowest BCUT2D eigenvalue weighted by Crippen LogP contribution is -2.30. The number of amides is 1. The Morgan fingerprint density at radius 3 is 2.49 bits per heavy atom. The molecule has 5 rings (SSSR count). The summed E-state index contributed by atoms with van der Waals surface area (Å²) in [6.45, 7) is 2.55. The third kappa shape index (κ3) is 5.97. The molecular weight excluding hydrogens is 513 g/mol. The second-order valence-electron chi connectivity index (χ2n) is 10.4. The van der Waals surface area contributed by atoms with Crippen molar-refractivity contribution < 1.29 is 26.7 Å². The Morgan fingerprint density at radius 1 is 1.08 bits per heavy atom. The van der Waals surface area contributed by atoms with Gasteiger partial charge in [-0.1, -0.05) is 18.2 Å². The van der Waals surface area contributed by atoms with Crippen LogP contribution >= 0.6 is 0 Å². The monoisotopic (exact) mass is 541 g/mol. The molecule has 0 unspecified atom stereocenters. The van der Waals surface area contributed by atoms with Crippen molar-refractivity contribution in [3.05, 3.63) is 94.0 Å². The van der Waals surface area contributed by atoms with Gasteiger partial charge in [-0.15, -0.1) is 0 Å². The average molecular weight is 542 g/mol. The van der Waals surface area contributed by atoms with Gasteiger partial charge in [-0.05, 0) is 96.3 Å². The normalized spacial score (nSPS) is 16.5. The number of carbonyl (C=O) groups excluding carboxylic acids is 1. The SMILES string of the molecule is Cc1cc([C@@H](NC(=O)c2cc(CN3CCCC3=N)cc(-c3ccc(F)cc3C(F)(F)F)c2)C2CC2)ccc1F. The fraction of sp³-hybridized carbons (Fsp3) is 0.333. The van der Waals surface area contributed by atoms with Crippen LogP contribution in [0.2, 0.25) is 0 Å². The van der Waals surface area contributed by atoms with E-state index in [9.17, 15) is 26.7 Å². The number of alkyl halides is 3. The molecule has 39 heavy (non-hydrogen) atoms. The number of amidine groups is 1. The van der Waals surface area contributed by atoms with Crippen LogP contribution in [0.15, 0.2) is 54.6 Å². The van der Waals surface area contributed by atoms with E-state index in [4.69, 9.17) is 5.41 Å². The standard InChI is InChI=1S/C30H28F5N3O/c1-17-11-20(6-9-26(17)32)28(19-4-5-19)37-29(39)22-13-18(16-38-10-2-3-27(38)36)12-21(14-22)24-8-7-23(31)15-25(24)30(33,34)35/h6-9,11-15,19,28,36H,2-5,10,16H2,1H3,(H,37,39)/t28-/m0/s1. The Bertz CT molecular complexity index is 1430. The molecule has 1 heterocycles. The fourth-order valence-electron chi connectivity index (χ4n) is 5.19. The molecule has 1 saturated heterocycles. The summed E-state index contributed by atoms with van der Waals surface area (Å²) < 4.78 is 69.3. The zero-order valence-electron chi connectivity index (χ0n) is 21.3. The van der Waals surface area contributed by atoms with E-state index in [1.54, 1.807) is 31.2 Å². The van der Waals surface area contributed by atoms with Crippen LogP contribution in [0.1, 0.15) is 64.3 Å². The van der Waals surface area contributed by atoms with Crippen LogP contribution in [0, 0.1) is 29.9 Å². The minimum atomic E-state index is -4.80. The lowest BCUT2D eigenvalue weighted by molar-refractivity contribution is -0.137. The molecular formula is C30H28F5N3O. The van der Waals surface area contributed by atoms with Crippen LogP contribution in [-0.4, -0.2) is 23.2 Å². The van der Waals surface area contributed by atoms with Gasteiger partial charge in [-0.2, -0.15) is 13.2 Å². The summed E-state index contributed by atoms with van der Waals surface area (Å²) in [5.74, 6) is -1.20. The molecule has 0 spiro atoms. The highest BCUT2D eigenvalue weighted by atomic mass is 19.4. The molecule has 2 N–H and O–H groups in total. The molecule has 4 nitrogen and oxygen atoms in total. The van der Waals surface area contributed by atoms with E-state index in [-0.39, 0.29) is 41.0 Å². The first-order chi connectivity index (χ1) is 18.5. The maximum atomic E-state index is 13.9. The van der Waals surface area contributed by atoms with Gasteiger partial charge in [-0.3, -0.25) is 10.2 Å². The molecule has 1 atom stereocenters. The summed E-state index contributed by atoms with van der Waals surface area (Å²) in [7, 11) is 0. The summed E-state index contributed by atoms with van der Waals surface area (Å²) in [4.78, 5) is 15.4. The number of benzene rings is 3. The van der Waals surface area contributed by atoms with E-state index < -0.39 is 23.5 Å². The average Bonchev–Trinajstić information content (AvgIpc) is 3.65. The summed E-state index contributed by atoms with van der Waals surface area (Å²) >= 11 is 0. The van der Waals surface area contributed by atoms with Gasteiger partial charge in [0, 0.05) is 25.1 Å². The van der Waals surface area contributed by atoms with Gasteiger partial charge in [-0.25, -0.2) is 8.78 Å². The van der Waals surface area contributed by atoms with E-state index in [2.05, 4.69) is 5.32 Å². The number of hydrogen-bond donors (Lipinski definition) is 2. The van der Waals surface area contributed by atoms with E-state index in [1.165, 1.54) is 12.1 Å². The van der Waals surface area contributed by atoms with Crippen molar-refractivity contribution in [3.8, 4) is 11.1 Å². The molecule has 0 radical (unpaired) electrons. The van der Waals surface area contributed by atoms with E-state index in [0.29, 0.717) is 36.0 Å². The predicted molar refractivity (Wildman–Crippen MR) is 138 cm³/mol. The number of nitrogens with zero attached hydrogens (tertiary/aromatic N) is 1. The second kappa shape index (κ2) is 10.4. The Hall–Kier alpha value is -3.75. The van der Waals surface area contributed by atoms with Gasteiger partial charge in [0.2, 0.25) is 0 Å². The van der Waals surface area contributed by atoms with Crippen LogP contribution in [0.5, 0.6) is 0 Å². The van der Waals surface area contributed by atoms with Crippen molar-refractivity contribution in [3.63, 3.8) is 0 Å².